The molecule has 116 valence electrons. The van der Waals surface area contributed by atoms with E-state index in [1.54, 1.807) is 6.92 Å². The number of aliphatic carboxylic acids is 1. The molecule has 1 saturated heterocycles. The van der Waals surface area contributed by atoms with Crippen molar-refractivity contribution in [1.82, 2.24) is 9.88 Å². The van der Waals surface area contributed by atoms with E-state index in [0.717, 1.165) is 11.4 Å². The van der Waals surface area contributed by atoms with Crippen LogP contribution in [0.25, 0.3) is 0 Å². The summed E-state index contributed by atoms with van der Waals surface area (Å²) < 4.78 is 5.49. The van der Waals surface area contributed by atoms with Gasteiger partial charge in [-0.3, -0.25) is 4.79 Å². The molecule has 0 aromatic carbocycles. The Labute approximate surface area is 127 Å². The molecule has 1 fully saturated rings. The van der Waals surface area contributed by atoms with Crippen molar-refractivity contribution in [3.05, 3.63) is 15.6 Å². The molecule has 2 rings (SSSR count). The molecule has 6 nitrogen and oxygen atoms in total. The summed E-state index contributed by atoms with van der Waals surface area (Å²) in [7, 11) is 0. The van der Waals surface area contributed by atoms with Gasteiger partial charge in [-0.25, -0.2) is 9.78 Å². The summed E-state index contributed by atoms with van der Waals surface area (Å²) in [6.07, 6.45) is 1.08. The Balaban J connectivity index is 2.21. The Morgan fingerprint density at radius 2 is 2.29 bits per heavy atom. The van der Waals surface area contributed by atoms with Crippen molar-refractivity contribution >= 4 is 23.2 Å². The molecule has 0 radical (unpaired) electrons. The number of aromatic nitrogens is 1. The summed E-state index contributed by atoms with van der Waals surface area (Å²) in [6, 6.07) is -0.716. The van der Waals surface area contributed by atoms with E-state index in [2.05, 4.69) is 4.98 Å². The Kier molecular flexibility index (Phi) is 4.95. The fourth-order valence-corrected chi connectivity index (χ4v) is 3.53. The third-order valence-corrected chi connectivity index (χ3v) is 4.88. The van der Waals surface area contributed by atoms with Crippen LogP contribution in [0.1, 0.15) is 53.2 Å². The van der Waals surface area contributed by atoms with Crippen molar-refractivity contribution in [3.8, 4) is 0 Å². The lowest BCUT2D eigenvalue weighted by Gasteiger charge is -2.20. The Morgan fingerprint density at radius 1 is 1.57 bits per heavy atom. The highest BCUT2D eigenvalue weighted by molar-refractivity contribution is 7.13. The van der Waals surface area contributed by atoms with Gasteiger partial charge in [0.1, 0.15) is 22.0 Å². The number of thiazole rings is 1. The van der Waals surface area contributed by atoms with Crippen LogP contribution < -0.4 is 0 Å². The molecule has 1 unspecified atom stereocenters. The molecular formula is C14H20N2O4S. The van der Waals surface area contributed by atoms with Crippen LogP contribution in [0.4, 0.5) is 0 Å². The Morgan fingerprint density at radius 3 is 2.90 bits per heavy atom. The van der Waals surface area contributed by atoms with Gasteiger partial charge in [0.2, 0.25) is 0 Å². The third-order valence-electron chi connectivity index (χ3n) is 3.57. The minimum Gasteiger partial charge on any atom is -0.480 e. The quantitative estimate of drug-likeness (QED) is 0.902. The molecule has 1 aromatic rings. The number of carbonyl (C=O) groups is 2. The van der Waals surface area contributed by atoms with Crippen molar-refractivity contribution in [2.45, 2.75) is 45.8 Å². The molecule has 0 aliphatic carbocycles. The second-order valence-corrected chi connectivity index (χ2v) is 6.09. The van der Waals surface area contributed by atoms with E-state index in [-0.39, 0.29) is 12.0 Å². The fraction of sp³-hybridized carbons (Fsp3) is 0.643. The number of carboxylic acid groups (broad SMARTS) is 1. The predicted octanol–water partition coefficient (Wildman–Crippen LogP) is 2.24. The average molecular weight is 312 g/mol. The lowest BCUT2D eigenvalue weighted by Crippen LogP contribution is -2.40. The van der Waals surface area contributed by atoms with Crippen LogP contribution in [0.2, 0.25) is 0 Å². The topological polar surface area (TPSA) is 79.7 Å². The van der Waals surface area contributed by atoms with Gasteiger partial charge >= 0.3 is 5.97 Å². The SMILES string of the molecule is CCOC(C)c1nc(C)c(C(=O)N2CCC[C@@H]2C(=O)O)s1. The number of carboxylic acids is 1. The summed E-state index contributed by atoms with van der Waals surface area (Å²) in [5, 5.41) is 9.94. The largest absolute Gasteiger partial charge is 0.480 e. The van der Waals surface area contributed by atoms with Crippen molar-refractivity contribution in [1.29, 1.82) is 0 Å². The third kappa shape index (κ3) is 3.24. The Hall–Kier alpha value is -1.47. The standard InChI is InChI=1S/C14H20N2O4S/c1-4-20-9(3)12-15-8(2)11(21-12)13(17)16-7-5-6-10(16)14(18)19/h9-10H,4-7H2,1-3H3,(H,18,19)/t9?,10-/m1/s1. The smallest absolute Gasteiger partial charge is 0.326 e. The normalized spacial score (nSPS) is 19.8. The van der Waals surface area contributed by atoms with Crippen LogP contribution >= 0.6 is 11.3 Å². The molecule has 1 aromatic heterocycles. The van der Waals surface area contributed by atoms with Gasteiger partial charge in [0, 0.05) is 13.2 Å². The number of amides is 1. The molecule has 0 saturated carbocycles. The zero-order valence-electron chi connectivity index (χ0n) is 12.5. The van der Waals surface area contributed by atoms with Gasteiger partial charge < -0.3 is 14.7 Å². The molecule has 0 bridgehead atoms. The molecule has 2 atom stereocenters. The van der Waals surface area contributed by atoms with Crippen molar-refractivity contribution in [3.63, 3.8) is 0 Å². The highest BCUT2D eigenvalue weighted by Gasteiger charge is 2.36. The molecule has 21 heavy (non-hydrogen) atoms. The summed E-state index contributed by atoms with van der Waals surface area (Å²) in [5.74, 6) is -1.17. The molecule has 1 amide bonds. The van der Waals surface area contributed by atoms with Gasteiger partial charge in [0.05, 0.1) is 5.69 Å². The minimum atomic E-state index is -0.939. The molecule has 0 spiro atoms. The maximum Gasteiger partial charge on any atom is 0.326 e. The van der Waals surface area contributed by atoms with E-state index >= 15 is 0 Å². The number of carbonyl (C=O) groups excluding carboxylic acids is 1. The molecule has 7 heteroatoms. The first-order chi connectivity index (χ1) is 9.95. The van der Waals surface area contributed by atoms with Crippen molar-refractivity contribution < 1.29 is 19.4 Å². The predicted molar refractivity (Wildman–Crippen MR) is 78.6 cm³/mol. The first-order valence-electron chi connectivity index (χ1n) is 7.08. The second kappa shape index (κ2) is 6.53. The van der Waals surface area contributed by atoms with Crippen LogP contribution in [0.15, 0.2) is 0 Å². The van der Waals surface area contributed by atoms with Crippen LogP contribution in [0, 0.1) is 6.92 Å². The number of nitrogens with zero attached hydrogens (tertiary/aromatic N) is 2. The summed E-state index contributed by atoms with van der Waals surface area (Å²) in [4.78, 5) is 30.1. The van der Waals surface area contributed by atoms with Gasteiger partial charge in [-0.1, -0.05) is 0 Å². The van der Waals surface area contributed by atoms with Gasteiger partial charge in [0.15, 0.2) is 0 Å². The van der Waals surface area contributed by atoms with Crippen LogP contribution in [0.3, 0.4) is 0 Å². The molecule has 1 N–H and O–H groups in total. The van der Waals surface area contributed by atoms with Gasteiger partial charge in [-0.2, -0.15) is 0 Å². The lowest BCUT2D eigenvalue weighted by molar-refractivity contribution is -0.141. The number of ether oxygens (including phenoxy) is 1. The zero-order chi connectivity index (χ0) is 15.6. The summed E-state index contributed by atoms with van der Waals surface area (Å²) in [5.41, 5.74) is 0.641. The number of hydrogen-bond donors (Lipinski definition) is 1. The number of hydrogen-bond acceptors (Lipinski definition) is 5. The Bertz CT molecular complexity index is 543. The minimum absolute atomic E-state index is 0.158. The fourth-order valence-electron chi connectivity index (χ4n) is 2.51. The number of likely N-dealkylation sites (tertiary alicyclic amines) is 1. The molecular weight excluding hydrogens is 292 g/mol. The molecule has 1 aliphatic rings. The van der Waals surface area contributed by atoms with Gasteiger partial charge in [-0.05, 0) is 33.6 Å². The van der Waals surface area contributed by atoms with E-state index in [1.807, 2.05) is 13.8 Å². The van der Waals surface area contributed by atoms with E-state index < -0.39 is 12.0 Å². The zero-order valence-corrected chi connectivity index (χ0v) is 13.3. The van der Waals surface area contributed by atoms with Crippen LogP contribution in [-0.2, 0) is 9.53 Å². The van der Waals surface area contributed by atoms with E-state index in [4.69, 9.17) is 4.74 Å². The maximum absolute atomic E-state index is 12.6. The van der Waals surface area contributed by atoms with E-state index in [9.17, 15) is 14.7 Å². The maximum atomic E-state index is 12.6. The average Bonchev–Trinajstić information content (AvgIpc) is 3.04. The monoisotopic (exact) mass is 312 g/mol. The highest BCUT2D eigenvalue weighted by atomic mass is 32.1. The summed E-state index contributed by atoms with van der Waals surface area (Å²) >= 11 is 1.30. The highest BCUT2D eigenvalue weighted by Crippen LogP contribution is 2.29. The lowest BCUT2D eigenvalue weighted by atomic mass is 10.2. The van der Waals surface area contributed by atoms with Gasteiger partial charge in [-0.15, -0.1) is 11.3 Å². The first-order valence-corrected chi connectivity index (χ1v) is 7.90. The number of rotatable bonds is 5. The number of aryl methyl sites for hydroxylation is 1. The van der Waals surface area contributed by atoms with Crippen LogP contribution in [0.5, 0.6) is 0 Å². The van der Waals surface area contributed by atoms with Crippen molar-refractivity contribution in [2.24, 2.45) is 0 Å². The van der Waals surface area contributed by atoms with Gasteiger partial charge in [0.25, 0.3) is 5.91 Å². The van der Waals surface area contributed by atoms with E-state index in [1.165, 1.54) is 16.2 Å². The summed E-state index contributed by atoms with van der Waals surface area (Å²) in [6.45, 7) is 6.65. The van der Waals surface area contributed by atoms with Crippen LogP contribution in [-0.4, -0.2) is 46.1 Å². The molecule has 2 heterocycles. The van der Waals surface area contributed by atoms with E-state index in [0.29, 0.717) is 30.1 Å². The van der Waals surface area contributed by atoms with Crippen molar-refractivity contribution in [2.75, 3.05) is 13.2 Å². The molecule has 1 aliphatic heterocycles. The first kappa shape index (κ1) is 15.9. The second-order valence-electron chi connectivity index (χ2n) is 5.06.